The zero-order chi connectivity index (χ0) is 22.4. The molecule has 0 radical (unpaired) electrons. The van der Waals surface area contributed by atoms with Crippen LogP contribution in [-0.2, 0) is 11.3 Å². The summed E-state index contributed by atoms with van der Waals surface area (Å²) in [5.74, 6) is 0.926. The lowest BCUT2D eigenvalue weighted by Crippen LogP contribution is -2.19. The molecule has 0 unspecified atom stereocenters. The molecule has 0 fully saturated rings. The average molecular weight is 421 g/mol. The molecule has 0 bridgehead atoms. The largest absolute Gasteiger partial charge is 0.493 e. The Morgan fingerprint density at radius 2 is 1.81 bits per heavy atom. The third-order valence-electron chi connectivity index (χ3n) is 4.46. The van der Waals surface area contributed by atoms with Crippen molar-refractivity contribution < 1.29 is 19.0 Å². The molecule has 0 aliphatic rings. The zero-order valence-electron chi connectivity index (χ0n) is 17.5. The monoisotopic (exact) mass is 421 g/mol. The summed E-state index contributed by atoms with van der Waals surface area (Å²) < 4.78 is 17.1. The van der Waals surface area contributed by atoms with Crippen molar-refractivity contribution in [2.24, 2.45) is 5.10 Å². The summed E-state index contributed by atoms with van der Waals surface area (Å²) in [4.78, 5) is 23.6. The molecule has 0 aliphatic carbocycles. The third-order valence-corrected chi connectivity index (χ3v) is 4.46. The third kappa shape index (κ3) is 5.30. The molecule has 1 aromatic heterocycles. The van der Waals surface area contributed by atoms with Crippen LogP contribution >= 0.6 is 0 Å². The van der Waals surface area contributed by atoms with Crippen LogP contribution in [0.25, 0.3) is 0 Å². The summed E-state index contributed by atoms with van der Waals surface area (Å²) in [5, 5.41) is 4.16. The molecule has 1 heterocycles. The lowest BCUT2D eigenvalue weighted by atomic mass is 10.1. The number of anilines is 1. The van der Waals surface area contributed by atoms with Crippen molar-refractivity contribution in [3.8, 4) is 11.5 Å². The second-order valence-corrected chi connectivity index (χ2v) is 6.74. The Morgan fingerprint density at radius 3 is 2.45 bits per heavy atom. The van der Waals surface area contributed by atoms with Gasteiger partial charge in [0.2, 0.25) is 0 Å². The number of nitrogen functional groups attached to an aromatic ring is 1. The van der Waals surface area contributed by atoms with Crippen molar-refractivity contribution in [2.75, 3.05) is 20.0 Å². The Hall–Kier alpha value is -4.07. The van der Waals surface area contributed by atoms with Gasteiger partial charge < -0.3 is 19.9 Å². The Labute approximate surface area is 179 Å². The average Bonchev–Trinajstić information content (AvgIpc) is 2.77. The van der Waals surface area contributed by atoms with Crippen molar-refractivity contribution in [2.45, 2.75) is 13.5 Å². The number of methoxy groups -OCH3 is 2. The quantitative estimate of drug-likeness (QED) is 0.464. The van der Waals surface area contributed by atoms with E-state index in [1.807, 2.05) is 0 Å². The molecule has 2 N–H and O–H groups in total. The van der Waals surface area contributed by atoms with Gasteiger partial charge in [-0.05, 0) is 60.0 Å². The summed E-state index contributed by atoms with van der Waals surface area (Å²) in [6, 6.07) is 15.4. The van der Waals surface area contributed by atoms with E-state index in [0.29, 0.717) is 29.2 Å². The SMILES string of the molecule is COC(=O)c1ccc(COc2ccc(/C=N\n3c(N)cc(C)cc3=O)cc2OC)cc1. The Kier molecular flexibility index (Phi) is 6.71. The maximum absolute atomic E-state index is 12.1. The summed E-state index contributed by atoms with van der Waals surface area (Å²) >= 11 is 0. The first kappa shape index (κ1) is 21.6. The summed E-state index contributed by atoms with van der Waals surface area (Å²) in [6.45, 7) is 2.09. The fourth-order valence-electron chi connectivity index (χ4n) is 2.87. The van der Waals surface area contributed by atoms with Gasteiger partial charge in [-0.15, -0.1) is 0 Å². The highest BCUT2D eigenvalue weighted by molar-refractivity contribution is 5.89. The van der Waals surface area contributed by atoms with Gasteiger partial charge in [-0.3, -0.25) is 4.79 Å². The molecule has 0 amide bonds. The van der Waals surface area contributed by atoms with Gasteiger partial charge in [-0.25, -0.2) is 4.79 Å². The van der Waals surface area contributed by atoms with Crippen LogP contribution in [0.1, 0.15) is 27.0 Å². The first-order chi connectivity index (χ1) is 14.9. The predicted octanol–water partition coefficient (Wildman–Crippen LogP) is 3.00. The van der Waals surface area contributed by atoms with Gasteiger partial charge in [-0.1, -0.05) is 12.1 Å². The van der Waals surface area contributed by atoms with Gasteiger partial charge in [-0.2, -0.15) is 9.78 Å². The number of aromatic nitrogens is 1. The number of hydrogen-bond acceptors (Lipinski definition) is 7. The molecule has 2 aromatic carbocycles. The molecule has 0 saturated carbocycles. The van der Waals surface area contributed by atoms with E-state index in [0.717, 1.165) is 15.8 Å². The molecule has 31 heavy (non-hydrogen) atoms. The first-order valence-corrected chi connectivity index (χ1v) is 9.43. The fourth-order valence-corrected chi connectivity index (χ4v) is 2.87. The number of ether oxygens (including phenoxy) is 3. The van der Waals surface area contributed by atoms with E-state index in [1.54, 1.807) is 55.5 Å². The van der Waals surface area contributed by atoms with Gasteiger partial charge >= 0.3 is 5.97 Å². The lowest BCUT2D eigenvalue weighted by molar-refractivity contribution is 0.0600. The number of nitrogens with two attached hydrogens (primary N) is 1. The van der Waals surface area contributed by atoms with Crippen LogP contribution in [0.2, 0.25) is 0 Å². The van der Waals surface area contributed by atoms with Crippen molar-refractivity contribution in [1.29, 1.82) is 0 Å². The molecule has 8 heteroatoms. The minimum atomic E-state index is -0.388. The maximum Gasteiger partial charge on any atom is 0.337 e. The van der Waals surface area contributed by atoms with E-state index in [1.165, 1.54) is 26.5 Å². The molecule has 3 rings (SSSR count). The highest BCUT2D eigenvalue weighted by Gasteiger charge is 2.08. The number of benzene rings is 2. The van der Waals surface area contributed by atoms with E-state index < -0.39 is 0 Å². The van der Waals surface area contributed by atoms with Gasteiger partial charge in [0.15, 0.2) is 11.5 Å². The number of rotatable bonds is 7. The number of carbonyl (C=O) groups excluding carboxylic acids is 1. The maximum atomic E-state index is 12.1. The van der Waals surface area contributed by atoms with Crippen molar-refractivity contribution in [1.82, 2.24) is 4.68 Å². The van der Waals surface area contributed by atoms with E-state index in [2.05, 4.69) is 5.10 Å². The molecule has 160 valence electrons. The Bertz CT molecular complexity index is 1170. The van der Waals surface area contributed by atoms with Gasteiger partial charge in [0, 0.05) is 6.07 Å². The highest BCUT2D eigenvalue weighted by Crippen LogP contribution is 2.28. The smallest absolute Gasteiger partial charge is 0.337 e. The van der Waals surface area contributed by atoms with Gasteiger partial charge in [0.1, 0.15) is 12.4 Å². The van der Waals surface area contributed by atoms with E-state index in [-0.39, 0.29) is 17.3 Å². The highest BCUT2D eigenvalue weighted by atomic mass is 16.5. The summed E-state index contributed by atoms with van der Waals surface area (Å²) in [6.07, 6.45) is 1.52. The number of carbonyl (C=O) groups is 1. The van der Waals surface area contributed by atoms with Crippen LogP contribution < -0.4 is 20.8 Å². The number of pyridine rings is 1. The normalized spacial score (nSPS) is 10.8. The van der Waals surface area contributed by atoms with E-state index in [9.17, 15) is 9.59 Å². The molecule has 0 atom stereocenters. The minimum absolute atomic E-state index is 0.256. The summed E-state index contributed by atoms with van der Waals surface area (Å²) in [7, 11) is 2.88. The number of hydrogen-bond donors (Lipinski definition) is 1. The van der Waals surface area contributed by atoms with Crippen molar-refractivity contribution in [3.05, 3.63) is 87.2 Å². The molecular weight excluding hydrogens is 398 g/mol. The minimum Gasteiger partial charge on any atom is -0.493 e. The van der Waals surface area contributed by atoms with E-state index in [4.69, 9.17) is 19.9 Å². The number of aryl methyl sites for hydroxylation is 1. The lowest BCUT2D eigenvalue weighted by Gasteiger charge is -2.11. The van der Waals surface area contributed by atoms with Crippen molar-refractivity contribution in [3.63, 3.8) is 0 Å². The molecular formula is C23H23N3O5. The number of nitrogens with zero attached hydrogens (tertiary/aromatic N) is 2. The Balaban J connectivity index is 1.73. The Morgan fingerprint density at radius 1 is 1.06 bits per heavy atom. The zero-order valence-corrected chi connectivity index (χ0v) is 17.5. The topological polar surface area (TPSA) is 105 Å². The predicted molar refractivity (Wildman–Crippen MR) is 118 cm³/mol. The molecule has 0 saturated heterocycles. The second-order valence-electron chi connectivity index (χ2n) is 6.74. The molecule has 3 aromatic rings. The van der Waals surface area contributed by atoms with Crippen LogP contribution in [0.3, 0.4) is 0 Å². The van der Waals surface area contributed by atoms with Crippen LogP contribution in [0.5, 0.6) is 11.5 Å². The van der Waals surface area contributed by atoms with Crippen LogP contribution in [0.15, 0.2) is 64.5 Å². The molecule has 0 spiro atoms. The molecule has 0 aliphatic heterocycles. The second kappa shape index (κ2) is 9.62. The molecule has 8 nitrogen and oxygen atoms in total. The van der Waals surface area contributed by atoms with Gasteiger partial charge in [0.05, 0.1) is 26.0 Å². The summed E-state index contributed by atoms with van der Waals surface area (Å²) in [5.41, 5.74) is 8.41. The van der Waals surface area contributed by atoms with E-state index >= 15 is 0 Å². The standard InChI is InChI=1S/C23H23N3O5/c1-15-10-21(24)26(22(27)11-15)25-13-17-6-9-19(20(12-17)29-2)31-14-16-4-7-18(8-5-16)23(28)30-3/h4-13H,14,24H2,1-3H3/b25-13-. The van der Waals surface area contributed by atoms with Crippen molar-refractivity contribution >= 4 is 18.0 Å². The van der Waals surface area contributed by atoms with Gasteiger partial charge in [0.25, 0.3) is 5.56 Å². The van der Waals surface area contributed by atoms with Crippen LogP contribution in [-0.4, -0.2) is 31.1 Å². The first-order valence-electron chi connectivity index (χ1n) is 9.43. The van der Waals surface area contributed by atoms with Crippen LogP contribution in [0.4, 0.5) is 5.82 Å². The number of esters is 1. The van der Waals surface area contributed by atoms with Crippen LogP contribution in [0, 0.1) is 6.92 Å². The fraction of sp³-hybridized carbons (Fsp3) is 0.174.